The van der Waals surface area contributed by atoms with Crippen LogP contribution < -0.4 is 26.0 Å². The number of para-hydroxylation sites is 1. The van der Waals surface area contributed by atoms with Crippen LogP contribution in [0.3, 0.4) is 0 Å². The molecule has 0 spiro atoms. The molecule has 4 saturated carbocycles. The van der Waals surface area contributed by atoms with Gasteiger partial charge in [-0.1, -0.05) is 30.3 Å². The van der Waals surface area contributed by atoms with Crippen LogP contribution in [0.1, 0.15) is 43.2 Å². The third-order valence-electron chi connectivity index (χ3n) is 10.1. The fourth-order valence-corrected chi connectivity index (χ4v) is 8.99. The summed E-state index contributed by atoms with van der Waals surface area (Å²) in [6.07, 6.45) is 9.80. The molecule has 4 bridgehead atoms. The highest BCUT2D eigenvalue weighted by Crippen LogP contribution is 2.57. The molecule has 10 rings (SSSR count). The first kappa shape index (κ1) is 17.8. The molecule has 33 heavy (non-hydrogen) atoms. The first-order valence-electron chi connectivity index (χ1n) is 13.2. The Hall–Kier alpha value is -2.68. The van der Waals surface area contributed by atoms with Crippen molar-refractivity contribution in [3.63, 3.8) is 0 Å². The van der Waals surface area contributed by atoms with Gasteiger partial charge in [0, 0.05) is 17.4 Å². The second kappa shape index (κ2) is 6.06. The van der Waals surface area contributed by atoms with Gasteiger partial charge in [0.05, 0.1) is 0 Å². The Morgan fingerprint density at radius 3 is 2.21 bits per heavy atom. The summed E-state index contributed by atoms with van der Waals surface area (Å²) < 4.78 is 6.53. The number of aryl methyl sites for hydroxylation is 2. The lowest BCUT2D eigenvalue weighted by Gasteiger charge is -2.59. The van der Waals surface area contributed by atoms with E-state index in [1.54, 1.807) is 11.1 Å². The lowest BCUT2D eigenvalue weighted by molar-refractivity contribution is 0.000576. The van der Waals surface area contributed by atoms with E-state index < -0.39 is 0 Å². The molecule has 7 aliphatic rings. The fourth-order valence-electron chi connectivity index (χ4n) is 8.99. The van der Waals surface area contributed by atoms with Crippen LogP contribution in [0.2, 0.25) is 0 Å². The molecular formula is C30H28BNO. The van der Waals surface area contributed by atoms with Gasteiger partial charge in [0.15, 0.2) is 0 Å². The van der Waals surface area contributed by atoms with Gasteiger partial charge in [-0.05, 0) is 120 Å². The normalized spacial score (nSPS) is 31.2. The third kappa shape index (κ3) is 2.22. The van der Waals surface area contributed by atoms with Gasteiger partial charge < -0.3 is 9.64 Å². The van der Waals surface area contributed by atoms with E-state index in [4.69, 9.17) is 4.74 Å². The molecule has 0 radical (unpaired) electrons. The summed E-state index contributed by atoms with van der Waals surface area (Å²) in [7, 11) is 0. The summed E-state index contributed by atoms with van der Waals surface area (Å²) in [5.41, 5.74) is 10.4. The van der Waals surface area contributed by atoms with E-state index >= 15 is 0 Å². The monoisotopic (exact) mass is 429 g/mol. The topological polar surface area (TPSA) is 12.5 Å². The molecule has 0 amide bonds. The van der Waals surface area contributed by atoms with Gasteiger partial charge in [0.2, 0.25) is 0 Å². The Balaban J connectivity index is 1.31. The van der Waals surface area contributed by atoms with Crippen LogP contribution in [0.5, 0.6) is 11.5 Å². The molecule has 2 nitrogen and oxygen atoms in total. The number of benzene rings is 3. The van der Waals surface area contributed by atoms with E-state index in [1.165, 1.54) is 72.7 Å². The molecule has 2 aliphatic heterocycles. The molecule has 0 N–H and O–H groups in total. The van der Waals surface area contributed by atoms with Crippen molar-refractivity contribution in [3.05, 3.63) is 65.7 Å². The first-order valence-corrected chi connectivity index (χ1v) is 13.2. The zero-order chi connectivity index (χ0) is 21.3. The molecule has 2 heterocycles. The summed E-state index contributed by atoms with van der Waals surface area (Å²) in [5, 5.41) is 0. The second-order valence-corrected chi connectivity index (χ2v) is 11.7. The Labute approximate surface area is 196 Å². The van der Waals surface area contributed by atoms with Crippen LogP contribution in [-0.2, 0) is 12.8 Å². The molecule has 5 aliphatic carbocycles. The lowest BCUT2D eigenvalue weighted by Crippen LogP contribution is -2.64. The smallest absolute Gasteiger partial charge is 0.256 e. The standard InChI is InChI=1S/C30H28BNO/c1-2-6-27-23(4-1)31-24-15-19-8-9-20(19)16-26(24)32(25-5-3-7-28(33-27)29(25)31)30-21-11-17-10-18(13-21)14-22(30)12-17/h1-7,15-18,21-22,30H,8-14H2. The highest BCUT2D eigenvalue weighted by molar-refractivity contribution is 6.99. The third-order valence-corrected chi connectivity index (χ3v) is 10.1. The van der Waals surface area contributed by atoms with E-state index in [2.05, 4.69) is 59.5 Å². The van der Waals surface area contributed by atoms with E-state index in [0.29, 0.717) is 6.04 Å². The highest BCUT2D eigenvalue weighted by atomic mass is 16.5. The van der Waals surface area contributed by atoms with Gasteiger partial charge in [0.25, 0.3) is 6.71 Å². The van der Waals surface area contributed by atoms with Gasteiger partial charge in [-0.25, -0.2) is 0 Å². The molecule has 3 aromatic carbocycles. The Morgan fingerprint density at radius 1 is 0.697 bits per heavy atom. The van der Waals surface area contributed by atoms with Crippen molar-refractivity contribution in [1.29, 1.82) is 0 Å². The van der Waals surface area contributed by atoms with Crippen molar-refractivity contribution in [2.75, 3.05) is 4.90 Å². The van der Waals surface area contributed by atoms with Gasteiger partial charge in [0.1, 0.15) is 11.5 Å². The second-order valence-electron chi connectivity index (χ2n) is 11.7. The minimum Gasteiger partial charge on any atom is -0.458 e. The van der Waals surface area contributed by atoms with Crippen molar-refractivity contribution in [3.8, 4) is 11.5 Å². The summed E-state index contributed by atoms with van der Waals surface area (Å²) in [4.78, 5) is 2.84. The van der Waals surface area contributed by atoms with Crippen LogP contribution in [-0.4, -0.2) is 12.8 Å². The SMILES string of the molecule is c1ccc2c(c1)Oc1cccc3c1B2c1cc2c(cc1N3C1C3CC4CC(C3)CC1C4)CC2. The summed E-state index contributed by atoms with van der Waals surface area (Å²) >= 11 is 0. The number of rotatable bonds is 1. The number of hydrogen-bond donors (Lipinski definition) is 0. The summed E-state index contributed by atoms with van der Waals surface area (Å²) in [5.74, 6) is 5.80. The van der Waals surface area contributed by atoms with Gasteiger partial charge in [-0.2, -0.15) is 0 Å². The predicted octanol–water partition coefficient (Wildman–Crippen LogP) is 4.68. The van der Waals surface area contributed by atoms with Crippen LogP contribution in [0, 0.1) is 23.7 Å². The number of hydrogen-bond acceptors (Lipinski definition) is 2. The van der Waals surface area contributed by atoms with Crippen molar-refractivity contribution >= 4 is 34.5 Å². The zero-order valence-corrected chi connectivity index (χ0v) is 19.0. The summed E-state index contributed by atoms with van der Waals surface area (Å²) in [6.45, 7) is 0.287. The van der Waals surface area contributed by atoms with Crippen LogP contribution in [0.4, 0.5) is 11.4 Å². The van der Waals surface area contributed by atoms with Gasteiger partial charge in [-0.15, -0.1) is 0 Å². The predicted molar refractivity (Wildman–Crippen MR) is 134 cm³/mol. The van der Waals surface area contributed by atoms with E-state index in [0.717, 1.165) is 35.2 Å². The maximum atomic E-state index is 6.53. The molecule has 3 aromatic rings. The van der Waals surface area contributed by atoms with E-state index in [9.17, 15) is 0 Å². The van der Waals surface area contributed by atoms with Crippen LogP contribution in [0.15, 0.2) is 54.6 Å². The number of fused-ring (bicyclic) bond motifs is 5. The van der Waals surface area contributed by atoms with Crippen LogP contribution >= 0.6 is 0 Å². The minimum absolute atomic E-state index is 0.287. The van der Waals surface area contributed by atoms with Crippen molar-refractivity contribution in [2.45, 2.75) is 51.0 Å². The fraction of sp³-hybridized carbons (Fsp3) is 0.400. The largest absolute Gasteiger partial charge is 0.458 e. The Bertz CT molecular complexity index is 1320. The first-order chi connectivity index (χ1) is 16.3. The van der Waals surface area contributed by atoms with Crippen molar-refractivity contribution in [2.24, 2.45) is 23.7 Å². The van der Waals surface area contributed by atoms with E-state index in [-0.39, 0.29) is 6.71 Å². The molecule has 162 valence electrons. The average molecular weight is 429 g/mol. The molecule has 3 heteroatoms. The van der Waals surface area contributed by atoms with Crippen molar-refractivity contribution in [1.82, 2.24) is 0 Å². The summed E-state index contributed by atoms with van der Waals surface area (Å²) in [6, 6.07) is 21.4. The Kier molecular flexibility index (Phi) is 3.26. The highest BCUT2D eigenvalue weighted by Gasteiger charge is 2.53. The van der Waals surface area contributed by atoms with Gasteiger partial charge >= 0.3 is 0 Å². The maximum absolute atomic E-state index is 6.53. The number of ether oxygens (including phenoxy) is 1. The average Bonchev–Trinajstić information content (AvgIpc) is 2.81. The maximum Gasteiger partial charge on any atom is 0.256 e. The molecule has 0 saturated heterocycles. The number of nitrogens with zero attached hydrogens (tertiary/aromatic N) is 1. The van der Waals surface area contributed by atoms with E-state index in [1.807, 2.05) is 0 Å². The zero-order valence-electron chi connectivity index (χ0n) is 19.0. The molecule has 0 unspecified atom stereocenters. The molecular weight excluding hydrogens is 401 g/mol. The molecule has 4 fully saturated rings. The quantitative estimate of drug-likeness (QED) is 0.408. The minimum atomic E-state index is 0.287. The Morgan fingerprint density at radius 2 is 1.42 bits per heavy atom. The lowest BCUT2D eigenvalue weighted by atomic mass is 9.33. The molecule has 0 aromatic heterocycles. The number of anilines is 2. The molecule has 0 atom stereocenters. The van der Waals surface area contributed by atoms with Crippen molar-refractivity contribution < 1.29 is 4.74 Å². The van der Waals surface area contributed by atoms with Gasteiger partial charge in [-0.3, -0.25) is 0 Å². The van der Waals surface area contributed by atoms with Crippen LogP contribution in [0.25, 0.3) is 0 Å².